The second kappa shape index (κ2) is 6.08. The van der Waals surface area contributed by atoms with Crippen LogP contribution < -0.4 is 15.4 Å². The lowest BCUT2D eigenvalue weighted by atomic mass is 10.0. The summed E-state index contributed by atoms with van der Waals surface area (Å²) in [6, 6.07) is 0. The molecule has 1 aromatic rings. The quantitative estimate of drug-likeness (QED) is 0.827. The second-order valence-corrected chi connectivity index (χ2v) is 5.42. The Morgan fingerprint density at radius 3 is 2.58 bits per heavy atom. The van der Waals surface area contributed by atoms with Crippen molar-refractivity contribution >= 4 is 11.6 Å². The summed E-state index contributed by atoms with van der Waals surface area (Å²) in [6.45, 7) is 5.25. The van der Waals surface area contributed by atoms with Gasteiger partial charge in [0.15, 0.2) is 11.6 Å². The van der Waals surface area contributed by atoms with Gasteiger partial charge in [-0.3, -0.25) is 0 Å². The van der Waals surface area contributed by atoms with E-state index in [4.69, 9.17) is 4.74 Å². The van der Waals surface area contributed by atoms with Crippen molar-refractivity contribution in [1.29, 1.82) is 0 Å². The van der Waals surface area contributed by atoms with E-state index in [1.807, 2.05) is 0 Å². The van der Waals surface area contributed by atoms with E-state index in [2.05, 4.69) is 34.4 Å². The average molecular weight is 264 g/mol. The minimum absolute atomic E-state index is 0.129. The van der Waals surface area contributed by atoms with Gasteiger partial charge >= 0.3 is 0 Å². The maximum absolute atomic E-state index is 5.48. The first kappa shape index (κ1) is 13.9. The zero-order chi connectivity index (χ0) is 13.7. The van der Waals surface area contributed by atoms with E-state index in [-0.39, 0.29) is 5.54 Å². The summed E-state index contributed by atoms with van der Waals surface area (Å²) in [5.74, 6) is 2.27. The highest BCUT2D eigenvalue weighted by Gasteiger charge is 2.30. The maximum atomic E-state index is 5.48. The lowest BCUT2D eigenvalue weighted by Crippen LogP contribution is -2.31. The van der Waals surface area contributed by atoms with Crippen molar-refractivity contribution in [2.75, 3.05) is 24.3 Å². The molecule has 19 heavy (non-hydrogen) atoms. The molecule has 2 N–H and O–H groups in total. The highest BCUT2D eigenvalue weighted by molar-refractivity contribution is 5.64. The van der Waals surface area contributed by atoms with Crippen molar-refractivity contribution < 1.29 is 4.74 Å². The first-order valence-electron chi connectivity index (χ1n) is 7.09. The molecule has 1 heterocycles. The summed E-state index contributed by atoms with van der Waals surface area (Å²) < 4.78 is 5.48. The van der Waals surface area contributed by atoms with E-state index >= 15 is 0 Å². The summed E-state index contributed by atoms with van der Waals surface area (Å²) in [6.07, 6.45) is 7.54. The van der Waals surface area contributed by atoms with Crippen molar-refractivity contribution in [2.45, 2.75) is 51.5 Å². The Morgan fingerprint density at radius 1 is 1.26 bits per heavy atom. The third-order valence-corrected chi connectivity index (χ3v) is 3.68. The van der Waals surface area contributed by atoms with Gasteiger partial charge in [-0.05, 0) is 26.2 Å². The second-order valence-electron chi connectivity index (χ2n) is 5.42. The number of nitrogens with one attached hydrogen (secondary N) is 2. The number of methoxy groups -OCH3 is 1. The van der Waals surface area contributed by atoms with Gasteiger partial charge in [-0.2, -0.15) is 0 Å². The lowest BCUT2D eigenvalue weighted by molar-refractivity contribution is 0.411. The van der Waals surface area contributed by atoms with Gasteiger partial charge in [0.25, 0.3) is 0 Å². The fraction of sp³-hybridized carbons (Fsp3) is 0.714. The predicted octanol–water partition coefficient (Wildman–Crippen LogP) is 3.05. The zero-order valence-electron chi connectivity index (χ0n) is 12.1. The Labute approximate surface area is 115 Å². The number of hydrogen-bond acceptors (Lipinski definition) is 5. The Hall–Kier alpha value is -1.52. The van der Waals surface area contributed by atoms with Gasteiger partial charge in [-0.25, -0.2) is 9.97 Å². The van der Waals surface area contributed by atoms with Crippen LogP contribution in [0.3, 0.4) is 0 Å². The summed E-state index contributed by atoms with van der Waals surface area (Å²) in [5, 5.41) is 6.81. The third kappa shape index (κ3) is 3.28. The molecule has 5 nitrogen and oxygen atoms in total. The van der Waals surface area contributed by atoms with Gasteiger partial charge in [0, 0.05) is 12.1 Å². The number of rotatable bonds is 6. The lowest BCUT2D eigenvalue weighted by Gasteiger charge is -2.27. The van der Waals surface area contributed by atoms with Crippen LogP contribution in [0.1, 0.15) is 46.0 Å². The van der Waals surface area contributed by atoms with Gasteiger partial charge in [0.05, 0.1) is 7.11 Å². The van der Waals surface area contributed by atoms with Gasteiger partial charge in [0.2, 0.25) is 5.75 Å². The normalized spacial score (nSPS) is 17.2. The molecular formula is C14H24N4O. The topological polar surface area (TPSA) is 59.1 Å². The van der Waals surface area contributed by atoms with Gasteiger partial charge in [-0.1, -0.05) is 19.8 Å². The SMILES string of the molecule is CCCNc1ncnc(NC2(C)CCCC2)c1OC. The van der Waals surface area contributed by atoms with Crippen LogP contribution in [0.25, 0.3) is 0 Å². The first-order valence-corrected chi connectivity index (χ1v) is 7.09. The highest BCUT2D eigenvalue weighted by atomic mass is 16.5. The molecule has 0 aromatic carbocycles. The first-order chi connectivity index (χ1) is 9.18. The summed E-state index contributed by atoms with van der Waals surface area (Å²) in [7, 11) is 1.66. The molecule has 0 unspecified atom stereocenters. The van der Waals surface area contributed by atoms with Crippen LogP contribution in [0.5, 0.6) is 5.75 Å². The Bertz CT molecular complexity index is 416. The molecule has 5 heteroatoms. The molecule has 0 saturated heterocycles. The van der Waals surface area contributed by atoms with E-state index in [0.29, 0.717) is 5.75 Å². The molecule has 106 valence electrons. The minimum Gasteiger partial charge on any atom is -0.490 e. The molecule has 1 aliphatic rings. The van der Waals surface area contributed by atoms with E-state index in [0.717, 1.165) is 24.6 Å². The van der Waals surface area contributed by atoms with Gasteiger partial charge in [0.1, 0.15) is 6.33 Å². The summed E-state index contributed by atoms with van der Waals surface area (Å²) >= 11 is 0. The van der Waals surface area contributed by atoms with Crippen molar-refractivity contribution in [1.82, 2.24) is 9.97 Å². The molecule has 0 amide bonds. The molecule has 0 atom stereocenters. The fourth-order valence-electron chi connectivity index (χ4n) is 2.59. The molecule has 1 aromatic heterocycles. The maximum Gasteiger partial charge on any atom is 0.204 e. The van der Waals surface area contributed by atoms with E-state index in [1.165, 1.54) is 25.7 Å². The molecule has 0 bridgehead atoms. The highest BCUT2D eigenvalue weighted by Crippen LogP contribution is 2.36. The van der Waals surface area contributed by atoms with E-state index in [1.54, 1.807) is 13.4 Å². The van der Waals surface area contributed by atoms with Crippen LogP contribution in [0.2, 0.25) is 0 Å². The van der Waals surface area contributed by atoms with Gasteiger partial charge < -0.3 is 15.4 Å². The summed E-state index contributed by atoms with van der Waals surface area (Å²) in [5.41, 5.74) is 0.129. The van der Waals surface area contributed by atoms with Crippen molar-refractivity contribution in [3.05, 3.63) is 6.33 Å². The summed E-state index contributed by atoms with van der Waals surface area (Å²) in [4.78, 5) is 8.60. The van der Waals surface area contributed by atoms with E-state index < -0.39 is 0 Å². The minimum atomic E-state index is 0.129. The fourth-order valence-corrected chi connectivity index (χ4v) is 2.59. The van der Waals surface area contributed by atoms with Crippen molar-refractivity contribution in [3.63, 3.8) is 0 Å². The number of anilines is 2. The number of nitrogens with zero attached hydrogens (tertiary/aromatic N) is 2. The van der Waals surface area contributed by atoms with Crippen LogP contribution in [0, 0.1) is 0 Å². The van der Waals surface area contributed by atoms with Crippen molar-refractivity contribution in [2.24, 2.45) is 0 Å². The largest absolute Gasteiger partial charge is 0.490 e. The molecule has 1 aliphatic carbocycles. The van der Waals surface area contributed by atoms with Crippen LogP contribution in [-0.4, -0.2) is 29.2 Å². The third-order valence-electron chi connectivity index (χ3n) is 3.68. The predicted molar refractivity (Wildman–Crippen MR) is 77.9 cm³/mol. The van der Waals surface area contributed by atoms with Gasteiger partial charge in [-0.15, -0.1) is 0 Å². The molecule has 0 spiro atoms. The van der Waals surface area contributed by atoms with E-state index in [9.17, 15) is 0 Å². The monoisotopic (exact) mass is 264 g/mol. The average Bonchev–Trinajstić information content (AvgIpc) is 2.83. The smallest absolute Gasteiger partial charge is 0.204 e. The number of aromatic nitrogens is 2. The van der Waals surface area contributed by atoms with Crippen LogP contribution >= 0.6 is 0 Å². The van der Waals surface area contributed by atoms with Crippen LogP contribution in [-0.2, 0) is 0 Å². The number of hydrogen-bond donors (Lipinski definition) is 2. The molecule has 2 rings (SSSR count). The molecule has 0 radical (unpaired) electrons. The Kier molecular flexibility index (Phi) is 4.45. The molecule has 1 fully saturated rings. The molecule has 0 aliphatic heterocycles. The number of ether oxygens (including phenoxy) is 1. The Balaban J connectivity index is 2.19. The Morgan fingerprint density at radius 2 is 1.95 bits per heavy atom. The molecule has 1 saturated carbocycles. The van der Waals surface area contributed by atoms with Crippen LogP contribution in [0.15, 0.2) is 6.33 Å². The van der Waals surface area contributed by atoms with Crippen LogP contribution in [0.4, 0.5) is 11.6 Å². The van der Waals surface area contributed by atoms with Crippen molar-refractivity contribution in [3.8, 4) is 5.75 Å². The molecular weight excluding hydrogens is 240 g/mol. The zero-order valence-corrected chi connectivity index (χ0v) is 12.1. The standard InChI is InChI=1S/C14H24N4O/c1-4-9-15-12-11(19-3)13(17-10-16-12)18-14(2)7-5-6-8-14/h10H,4-9H2,1-3H3,(H2,15,16,17,18).